The predicted octanol–water partition coefficient (Wildman–Crippen LogP) is -0.611. The number of rotatable bonds is 2. The first-order chi connectivity index (χ1) is 5.11. The maximum absolute atomic E-state index is 10.6. The Morgan fingerprint density at radius 2 is 2.45 bits per heavy atom. The Labute approximate surface area is 63.8 Å². The highest BCUT2D eigenvalue weighted by Gasteiger charge is 2.29. The molecule has 5 nitrogen and oxygen atoms in total. The van der Waals surface area contributed by atoms with Crippen molar-refractivity contribution in [3.8, 4) is 0 Å². The minimum absolute atomic E-state index is 0.278. The van der Waals surface area contributed by atoms with E-state index in [1.807, 2.05) is 0 Å². The zero-order valence-corrected chi connectivity index (χ0v) is 6.13. The SMILES string of the molecule is CC(C(=O)O)C1CNC(=O)N1. The molecule has 1 aliphatic rings. The fourth-order valence-corrected chi connectivity index (χ4v) is 0.947. The van der Waals surface area contributed by atoms with Crippen LogP contribution in [0, 0.1) is 5.92 Å². The molecule has 0 aromatic rings. The lowest BCUT2D eigenvalue weighted by molar-refractivity contribution is -0.141. The number of nitrogens with one attached hydrogen (secondary N) is 2. The molecule has 11 heavy (non-hydrogen) atoms. The molecular weight excluding hydrogens is 148 g/mol. The van der Waals surface area contributed by atoms with Gasteiger partial charge in [0.15, 0.2) is 0 Å². The molecular formula is C6H10N2O3. The second-order valence-electron chi connectivity index (χ2n) is 2.59. The van der Waals surface area contributed by atoms with E-state index in [1.54, 1.807) is 6.92 Å². The molecule has 2 atom stereocenters. The van der Waals surface area contributed by atoms with Crippen LogP contribution in [0.25, 0.3) is 0 Å². The lowest BCUT2D eigenvalue weighted by Gasteiger charge is -2.12. The zero-order valence-electron chi connectivity index (χ0n) is 6.13. The van der Waals surface area contributed by atoms with E-state index in [0.717, 1.165) is 0 Å². The number of hydrogen-bond donors (Lipinski definition) is 3. The van der Waals surface area contributed by atoms with Gasteiger partial charge < -0.3 is 15.7 Å². The third-order valence-corrected chi connectivity index (χ3v) is 1.79. The summed E-state index contributed by atoms with van der Waals surface area (Å²) in [5.41, 5.74) is 0. The van der Waals surface area contributed by atoms with Crippen molar-refractivity contribution in [1.82, 2.24) is 10.6 Å². The Morgan fingerprint density at radius 1 is 1.82 bits per heavy atom. The highest BCUT2D eigenvalue weighted by atomic mass is 16.4. The van der Waals surface area contributed by atoms with E-state index in [4.69, 9.17) is 5.11 Å². The van der Waals surface area contributed by atoms with Crippen molar-refractivity contribution in [2.24, 2.45) is 5.92 Å². The Morgan fingerprint density at radius 3 is 2.82 bits per heavy atom. The van der Waals surface area contributed by atoms with Crippen molar-refractivity contribution in [3.63, 3.8) is 0 Å². The number of carboxylic acids is 1. The smallest absolute Gasteiger partial charge is 0.315 e. The van der Waals surface area contributed by atoms with E-state index in [0.29, 0.717) is 6.54 Å². The summed E-state index contributed by atoms with van der Waals surface area (Å²) in [6.07, 6.45) is 0. The predicted molar refractivity (Wildman–Crippen MR) is 37.1 cm³/mol. The molecule has 3 N–H and O–H groups in total. The van der Waals surface area contributed by atoms with Crippen LogP contribution in [-0.4, -0.2) is 29.7 Å². The fourth-order valence-electron chi connectivity index (χ4n) is 0.947. The summed E-state index contributed by atoms with van der Waals surface area (Å²) in [7, 11) is 0. The van der Waals surface area contributed by atoms with Crippen LogP contribution in [-0.2, 0) is 4.79 Å². The van der Waals surface area contributed by atoms with Crippen LogP contribution in [0.4, 0.5) is 4.79 Å². The quantitative estimate of drug-likeness (QED) is 0.501. The largest absolute Gasteiger partial charge is 0.481 e. The van der Waals surface area contributed by atoms with Crippen LogP contribution >= 0.6 is 0 Å². The molecule has 0 spiro atoms. The Hall–Kier alpha value is -1.26. The van der Waals surface area contributed by atoms with Crippen molar-refractivity contribution >= 4 is 12.0 Å². The molecule has 1 heterocycles. The van der Waals surface area contributed by atoms with Gasteiger partial charge in [-0.15, -0.1) is 0 Å². The first-order valence-corrected chi connectivity index (χ1v) is 3.38. The molecule has 2 amide bonds. The highest BCUT2D eigenvalue weighted by Crippen LogP contribution is 2.05. The highest BCUT2D eigenvalue weighted by molar-refractivity contribution is 5.79. The van der Waals surface area contributed by atoms with Gasteiger partial charge in [0.05, 0.1) is 12.0 Å². The maximum atomic E-state index is 10.6. The van der Waals surface area contributed by atoms with Crippen molar-refractivity contribution in [1.29, 1.82) is 0 Å². The van der Waals surface area contributed by atoms with E-state index in [1.165, 1.54) is 0 Å². The van der Waals surface area contributed by atoms with Gasteiger partial charge in [0, 0.05) is 6.54 Å². The third-order valence-electron chi connectivity index (χ3n) is 1.79. The lowest BCUT2D eigenvalue weighted by Crippen LogP contribution is -2.36. The second-order valence-corrected chi connectivity index (χ2v) is 2.59. The first kappa shape index (κ1) is 7.84. The number of urea groups is 1. The standard InChI is InChI=1S/C6H10N2O3/c1-3(5(9)10)4-2-7-6(11)8-4/h3-4H,2H2,1H3,(H,9,10)(H2,7,8,11). The van der Waals surface area contributed by atoms with Gasteiger partial charge >= 0.3 is 12.0 Å². The molecule has 1 rings (SSSR count). The van der Waals surface area contributed by atoms with E-state index >= 15 is 0 Å². The molecule has 0 saturated carbocycles. The average Bonchev–Trinajstić information content (AvgIpc) is 2.34. The van der Waals surface area contributed by atoms with Gasteiger partial charge in [0.25, 0.3) is 0 Å². The minimum Gasteiger partial charge on any atom is -0.481 e. The van der Waals surface area contributed by atoms with Gasteiger partial charge in [-0.25, -0.2) is 4.79 Å². The Bertz CT molecular complexity index is 192. The number of amides is 2. The number of carboxylic acid groups (broad SMARTS) is 1. The average molecular weight is 158 g/mol. The topological polar surface area (TPSA) is 78.4 Å². The van der Waals surface area contributed by atoms with Gasteiger partial charge in [-0.3, -0.25) is 4.79 Å². The molecule has 62 valence electrons. The number of aliphatic carboxylic acids is 1. The first-order valence-electron chi connectivity index (χ1n) is 3.38. The molecule has 0 bridgehead atoms. The summed E-state index contributed by atoms with van der Waals surface area (Å²) >= 11 is 0. The fraction of sp³-hybridized carbons (Fsp3) is 0.667. The lowest BCUT2D eigenvalue weighted by atomic mass is 10.0. The number of carbonyl (C=O) groups is 2. The summed E-state index contributed by atoms with van der Waals surface area (Å²) in [5, 5.41) is 13.5. The van der Waals surface area contributed by atoms with Crippen LogP contribution in [0.1, 0.15) is 6.92 Å². The van der Waals surface area contributed by atoms with E-state index in [9.17, 15) is 9.59 Å². The van der Waals surface area contributed by atoms with Crippen molar-refractivity contribution in [3.05, 3.63) is 0 Å². The Kier molecular flexibility index (Phi) is 1.98. The Balaban J connectivity index is 2.49. The molecule has 0 radical (unpaired) electrons. The molecule has 1 fully saturated rings. The molecule has 1 aliphatic heterocycles. The van der Waals surface area contributed by atoms with Gasteiger partial charge in [0.1, 0.15) is 0 Å². The summed E-state index contributed by atoms with van der Waals surface area (Å²) in [6, 6.07) is -0.567. The monoisotopic (exact) mass is 158 g/mol. The second kappa shape index (κ2) is 2.77. The van der Waals surface area contributed by atoms with Gasteiger partial charge in [0.2, 0.25) is 0 Å². The third kappa shape index (κ3) is 1.60. The van der Waals surface area contributed by atoms with Crippen LogP contribution in [0.3, 0.4) is 0 Å². The summed E-state index contributed by atoms with van der Waals surface area (Å²) in [6.45, 7) is 1.96. The van der Waals surface area contributed by atoms with Crippen molar-refractivity contribution < 1.29 is 14.7 Å². The molecule has 2 unspecified atom stereocenters. The van der Waals surface area contributed by atoms with Gasteiger partial charge in [-0.2, -0.15) is 0 Å². The molecule has 0 aromatic heterocycles. The van der Waals surface area contributed by atoms with E-state index in [2.05, 4.69) is 10.6 Å². The van der Waals surface area contributed by atoms with Gasteiger partial charge in [-0.05, 0) is 6.92 Å². The molecule has 5 heteroatoms. The maximum Gasteiger partial charge on any atom is 0.315 e. The normalized spacial score (nSPS) is 25.5. The molecule has 1 saturated heterocycles. The number of carbonyl (C=O) groups excluding carboxylic acids is 1. The van der Waals surface area contributed by atoms with Crippen molar-refractivity contribution in [2.75, 3.05) is 6.54 Å². The molecule has 0 aromatic carbocycles. The molecule has 0 aliphatic carbocycles. The number of hydrogen-bond acceptors (Lipinski definition) is 2. The van der Waals surface area contributed by atoms with Gasteiger partial charge in [-0.1, -0.05) is 0 Å². The van der Waals surface area contributed by atoms with Crippen LogP contribution in [0.15, 0.2) is 0 Å². The summed E-state index contributed by atoms with van der Waals surface area (Å²) in [5.74, 6) is -1.42. The summed E-state index contributed by atoms with van der Waals surface area (Å²) < 4.78 is 0. The van der Waals surface area contributed by atoms with E-state index < -0.39 is 11.9 Å². The van der Waals surface area contributed by atoms with Crippen LogP contribution < -0.4 is 10.6 Å². The minimum atomic E-state index is -0.890. The summed E-state index contributed by atoms with van der Waals surface area (Å²) in [4.78, 5) is 21.0. The van der Waals surface area contributed by atoms with Crippen LogP contribution in [0.2, 0.25) is 0 Å². The van der Waals surface area contributed by atoms with E-state index in [-0.39, 0.29) is 12.1 Å². The van der Waals surface area contributed by atoms with Crippen molar-refractivity contribution in [2.45, 2.75) is 13.0 Å². The van der Waals surface area contributed by atoms with Crippen LogP contribution in [0.5, 0.6) is 0 Å². The zero-order chi connectivity index (χ0) is 8.43.